The van der Waals surface area contributed by atoms with Crippen molar-refractivity contribution in [3.05, 3.63) is 65.7 Å². The topological polar surface area (TPSA) is 29.3 Å². The molecule has 1 atom stereocenters. The van der Waals surface area contributed by atoms with Crippen molar-refractivity contribution in [2.75, 3.05) is 18.8 Å². The van der Waals surface area contributed by atoms with Gasteiger partial charge in [0.1, 0.15) is 0 Å². The molecule has 0 aromatic heterocycles. The third kappa shape index (κ3) is 2.49. The van der Waals surface area contributed by atoms with Gasteiger partial charge in [0.25, 0.3) is 0 Å². The molecule has 1 unspecified atom stereocenters. The van der Waals surface area contributed by atoms with E-state index >= 15 is 0 Å². The smallest absolute Gasteiger partial charge is 0.0320 e. The SMILES string of the molecule is CC(c1ccc(N)cc1)N1CC(c2ccccc2)C1. The van der Waals surface area contributed by atoms with E-state index in [1.165, 1.54) is 11.1 Å². The predicted molar refractivity (Wildman–Crippen MR) is 80.0 cm³/mol. The fourth-order valence-corrected chi connectivity index (χ4v) is 2.75. The van der Waals surface area contributed by atoms with Crippen molar-refractivity contribution in [3.8, 4) is 0 Å². The molecule has 1 aliphatic rings. The summed E-state index contributed by atoms with van der Waals surface area (Å²) in [6.07, 6.45) is 0. The van der Waals surface area contributed by atoms with Crippen molar-refractivity contribution in [2.45, 2.75) is 18.9 Å². The Morgan fingerprint density at radius 2 is 1.63 bits per heavy atom. The second-order valence-electron chi connectivity index (χ2n) is 5.40. The molecule has 1 saturated heterocycles. The molecular weight excluding hydrogens is 232 g/mol. The quantitative estimate of drug-likeness (QED) is 0.848. The number of nitrogens with zero attached hydrogens (tertiary/aromatic N) is 1. The van der Waals surface area contributed by atoms with Crippen molar-refractivity contribution in [2.24, 2.45) is 0 Å². The van der Waals surface area contributed by atoms with Gasteiger partial charge in [-0.2, -0.15) is 0 Å². The summed E-state index contributed by atoms with van der Waals surface area (Å²) >= 11 is 0. The van der Waals surface area contributed by atoms with Gasteiger partial charge in [0, 0.05) is 30.7 Å². The Kier molecular flexibility index (Phi) is 3.26. The molecule has 0 bridgehead atoms. The first kappa shape index (κ1) is 12.2. The molecule has 3 rings (SSSR count). The van der Waals surface area contributed by atoms with Gasteiger partial charge in [-0.3, -0.25) is 4.90 Å². The Bertz CT molecular complexity index is 527. The zero-order valence-electron chi connectivity index (χ0n) is 11.3. The van der Waals surface area contributed by atoms with Gasteiger partial charge in [-0.05, 0) is 30.2 Å². The summed E-state index contributed by atoms with van der Waals surface area (Å²) in [5, 5.41) is 0. The summed E-state index contributed by atoms with van der Waals surface area (Å²) in [7, 11) is 0. The highest BCUT2D eigenvalue weighted by Crippen LogP contribution is 2.34. The molecule has 98 valence electrons. The van der Waals surface area contributed by atoms with Crippen LogP contribution in [-0.2, 0) is 0 Å². The number of anilines is 1. The molecule has 19 heavy (non-hydrogen) atoms. The number of rotatable bonds is 3. The number of hydrogen-bond acceptors (Lipinski definition) is 2. The third-order valence-corrected chi connectivity index (χ3v) is 4.15. The minimum absolute atomic E-state index is 0.473. The minimum atomic E-state index is 0.473. The van der Waals surface area contributed by atoms with Gasteiger partial charge >= 0.3 is 0 Å². The van der Waals surface area contributed by atoms with Gasteiger partial charge in [-0.1, -0.05) is 42.5 Å². The second kappa shape index (κ2) is 5.06. The average Bonchev–Trinajstić information content (AvgIpc) is 2.39. The van der Waals surface area contributed by atoms with Crippen LogP contribution in [0, 0.1) is 0 Å². The first-order chi connectivity index (χ1) is 9.24. The predicted octanol–water partition coefficient (Wildman–Crippen LogP) is 3.43. The standard InChI is InChI=1S/C17H20N2/c1-13(14-7-9-17(18)10-8-14)19-11-16(12-19)15-5-3-2-4-6-15/h2-10,13,16H,11-12,18H2,1H3. The van der Waals surface area contributed by atoms with E-state index in [0.717, 1.165) is 18.8 Å². The molecule has 0 aliphatic carbocycles. The fourth-order valence-electron chi connectivity index (χ4n) is 2.75. The molecule has 0 saturated carbocycles. The minimum Gasteiger partial charge on any atom is -0.399 e. The summed E-state index contributed by atoms with van der Waals surface area (Å²) in [5.41, 5.74) is 9.38. The van der Waals surface area contributed by atoms with Gasteiger partial charge in [-0.25, -0.2) is 0 Å². The van der Waals surface area contributed by atoms with E-state index in [9.17, 15) is 0 Å². The summed E-state index contributed by atoms with van der Waals surface area (Å²) < 4.78 is 0. The van der Waals surface area contributed by atoms with Crippen molar-refractivity contribution >= 4 is 5.69 Å². The van der Waals surface area contributed by atoms with E-state index in [2.05, 4.69) is 54.3 Å². The maximum Gasteiger partial charge on any atom is 0.0320 e. The first-order valence-corrected chi connectivity index (χ1v) is 6.88. The molecule has 2 nitrogen and oxygen atoms in total. The lowest BCUT2D eigenvalue weighted by atomic mass is 9.89. The van der Waals surface area contributed by atoms with E-state index in [1.807, 2.05) is 12.1 Å². The lowest BCUT2D eigenvalue weighted by molar-refractivity contribution is 0.101. The molecule has 2 heteroatoms. The molecule has 1 fully saturated rings. The van der Waals surface area contributed by atoms with E-state index in [0.29, 0.717) is 12.0 Å². The maximum absolute atomic E-state index is 5.73. The fraction of sp³-hybridized carbons (Fsp3) is 0.294. The number of nitrogens with two attached hydrogens (primary N) is 1. The number of likely N-dealkylation sites (tertiary alicyclic amines) is 1. The Labute approximate surface area is 114 Å². The van der Waals surface area contributed by atoms with Crippen LogP contribution in [0.1, 0.15) is 30.0 Å². The van der Waals surface area contributed by atoms with Crippen LogP contribution in [-0.4, -0.2) is 18.0 Å². The normalized spacial score (nSPS) is 17.9. The zero-order valence-corrected chi connectivity index (χ0v) is 11.3. The highest BCUT2D eigenvalue weighted by atomic mass is 15.2. The van der Waals surface area contributed by atoms with Gasteiger partial charge in [-0.15, -0.1) is 0 Å². The molecule has 1 heterocycles. The first-order valence-electron chi connectivity index (χ1n) is 6.88. The van der Waals surface area contributed by atoms with E-state index in [-0.39, 0.29) is 0 Å². The molecule has 2 aromatic carbocycles. The van der Waals surface area contributed by atoms with Gasteiger partial charge in [0.05, 0.1) is 0 Å². The molecule has 2 N–H and O–H groups in total. The van der Waals surface area contributed by atoms with E-state index in [4.69, 9.17) is 5.73 Å². The lowest BCUT2D eigenvalue weighted by Crippen LogP contribution is -2.46. The Hall–Kier alpha value is -1.80. The van der Waals surface area contributed by atoms with Crippen LogP contribution < -0.4 is 5.73 Å². The van der Waals surface area contributed by atoms with Crippen LogP contribution >= 0.6 is 0 Å². The van der Waals surface area contributed by atoms with Crippen LogP contribution in [0.5, 0.6) is 0 Å². The highest BCUT2D eigenvalue weighted by Gasteiger charge is 2.31. The van der Waals surface area contributed by atoms with Gasteiger partial charge in [0.2, 0.25) is 0 Å². The molecule has 2 aromatic rings. The van der Waals surface area contributed by atoms with Gasteiger partial charge in [0.15, 0.2) is 0 Å². The van der Waals surface area contributed by atoms with Crippen molar-refractivity contribution < 1.29 is 0 Å². The highest BCUT2D eigenvalue weighted by molar-refractivity contribution is 5.40. The van der Waals surface area contributed by atoms with E-state index < -0.39 is 0 Å². The Balaban J connectivity index is 1.63. The molecule has 0 spiro atoms. The van der Waals surface area contributed by atoms with E-state index in [1.54, 1.807) is 0 Å². The summed E-state index contributed by atoms with van der Waals surface area (Å²) in [4.78, 5) is 2.52. The number of hydrogen-bond donors (Lipinski definition) is 1. The van der Waals surface area contributed by atoms with Crippen LogP contribution in [0.4, 0.5) is 5.69 Å². The zero-order chi connectivity index (χ0) is 13.2. The lowest BCUT2D eigenvalue weighted by Gasteiger charge is -2.43. The van der Waals surface area contributed by atoms with Gasteiger partial charge < -0.3 is 5.73 Å². The maximum atomic E-state index is 5.73. The van der Waals surface area contributed by atoms with Crippen molar-refractivity contribution in [1.29, 1.82) is 0 Å². The van der Waals surface area contributed by atoms with Crippen LogP contribution in [0.25, 0.3) is 0 Å². The summed E-state index contributed by atoms with van der Waals surface area (Å²) in [6.45, 7) is 4.57. The van der Waals surface area contributed by atoms with Crippen molar-refractivity contribution in [1.82, 2.24) is 4.90 Å². The molecule has 0 radical (unpaired) electrons. The molecule has 1 aliphatic heterocycles. The number of benzene rings is 2. The molecule has 0 amide bonds. The average molecular weight is 252 g/mol. The number of nitrogen functional groups attached to an aromatic ring is 1. The Morgan fingerprint density at radius 1 is 1.00 bits per heavy atom. The van der Waals surface area contributed by atoms with Crippen LogP contribution in [0.3, 0.4) is 0 Å². The molecular formula is C17H20N2. The summed E-state index contributed by atoms with van der Waals surface area (Å²) in [6, 6.07) is 19.5. The largest absolute Gasteiger partial charge is 0.399 e. The summed E-state index contributed by atoms with van der Waals surface area (Å²) in [5.74, 6) is 0.692. The van der Waals surface area contributed by atoms with Crippen molar-refractivity contribution in [3.63, 3.8) is 0 Å². The van der Waals surface area contributed by atoms with Crippen LogP contribution in [0.15, 0.2) is 54.6 Å². The second-order valence-corrected chi connectivity index (χ2v) is 5.40. The van der Waals surface area contributed by atoms with Crippen LogP contribution in [0.2, 0.25) is 0 Å². The monoisotopic (exact) mass is 252 g/mol. The third-order valence-electron chi connectivity index (χ3n) is 4.15. The Morgan fingerprint density at radius 3 is 2.26 bits per heavy atom.